The molecule has 2 heterocycles. The highest BCUT2D eigenvalue weighted by Gasteiger charge is 2.15. The summed E-state index contributed by atoms with van der Waals surface area (Å²) in [5, 5.41) is 18.9. The summed E-state index contributed by atoms with van der Waals surface area (Å²) in [6.45, 7) is 2.29. The van der Waals surface area contributed by atoms with Gasteiger partial charge in [0.25, 0.3) is 0 Å². The van der Waals surface area contributed by atoms with Gasteiger partial charge in [0.15, 0.2) is 0 Å². The largest absolute Gasteiger partial charge is 0.309 e. The van der Waals surface area contributed by atoms with Gasteiger partial charge in [-0.2, -0.15) is 10.2 Å². The van der Waals surface area contributed by atoms with Crippen molar-refractivity contribution in [2.45, 2.75) is 19.9 Å². The molecule has 7 heteroatoms. The Labute approximate surface area is 97.8 Å². The fraction of sp³-hybridized carbons (Fsp3) is 0.400. The Morgan fingerprint density at radius 1 is 1.53 bits per heavy atom. The van der Waals surface area contributed by atoms with Gasteiger partial charge in [-0.15, -0.1) is 0 Å². The fourth-order valence-electron chi connectivity index (χ4n) is 1.66. The van der Waals surface area contributed by atoms with Gasteiger partial charge in [-0.05, 0) is 13.0 Å². The van der Waals surface area contributed by atoms with Crippen LogP contribution in [0, 0.1) is 17.0 Å². The first kappa shape index (κ1) is 11.3. The topological polar surface area (TPSA) is 78.8 Å². The molecule has 0 fully saturated rings. The zero-order valence-corrected chi connectivity index (χ0v) is 9.70. The maximum atomic E-state index is 10.6. The summed E-state index contributed by atoms with van der Waals surface area (Å²) in [5.74, 6) is 0. The summed E-state index contributed by atoms with van der Waals surface area (Å²) >= 11 is 0. The van der Waals surface area contributed by atoms with Crippen LogP contribution in [0.25, 0.3) is 0 Å². The lowest BCUT2D eigenvalue weighted by atomic mass is 10.3. The molecule has 0 aliphatic heterocycles. The van der Waals surface area contributed by atoms with Gasteiger partial charge in [-0.25, -0.2) is 0 Å². The number of hydrogen-bond donors (Lipinski definition) is 0. The first-order valence-corrected chi connectivity index (χ1v) is 5.23. The lowest BCUT2D eigenvalue weighted by Crippen LogP contribution is -2.06. The molecule has 0 aliphatic carbocycles. The molecule has 0 N–H and O–H groups in total. The van der Waals surface area contributed by atoms with E-state index in [0.29, 0.717) is 18.7 Å². The molecule has 2 aromatic heterocycles. The number of hydrogen-bond acceptors (Lipinski definition) is 4. The zero-order chi connectivity index (χ0) is 12.4. The van der Waals surface area contributed by atoms with E-state index in [1.165, 1.54) is 6.20 Å². The third-order valence-electron chi connectivity index (χ3n) is 2.62. The molecule has 0 atom stereocenters. The van der Waals surface area contributed by atoms with Crippen molar-refractivity contribution in [2.24, 2.45) is 7.05 Å². The van der Waals surface area contributed by atoms with Crippen LogP contribution in [0.4, 0.5) is 5.69 Å². The smallest absolute Gasteiger partial charge is 0.276 e. The average Bonchev–Trinajstić information content (AvgIpc) is 2.82. The zero-order valence-electron chi connectivity index (χ0n) is 9.70. The Morgan fingerprint density at radius 2 is 2.29 bits per heavy atom. The van der Waals surface area contributed by atoms with Gasteiger partial charge in [-0.3, -0.25) is 19.5 Å². The van der Waals surface area contributed by atoms with E-state index in [1.807, 2.05) is 19.3 Å². The standard InChI is InChI=1S/C10H13N5O2/c1-8-10(15(16)17)7-11-14(8)6-4-9-3-5-13(2)12-9/h3,5,7H,4,6H2,1-2H3. The minimum absolute atomic E-state index is 0.0611. The summed E-state index contributed by atoms with van der Waals surface area (Å²) < 4.78 is 3.36. The fourth-order valence-corrected chi connectivity index (χ4v) is 1.66. The van der Waals surface area contributed by atoms with Crippen LogP contribution < -0.4 is 0 Å². The Kier molecular flexibility index (Phi) is 2.90. The third-order valence-corrected chi connectivity index (χ3v) is 2.62. The maximum Gasteiger partial charge on any atom is 0.309 e. The van der Waals surface area contributed by atoms with Crippen molar-refractivity contribution in [3.05, 3.63) is 40.0 Å². The van der Waals surface area contributed by atoms with Crippen molar-refractivity contribution in [3.8, 4) is 0 Å². The summed E-state index contributed by atoms with van der Waals surface area (Å²) in [6.07, 6.45) is 3.86. The van der Waals surface area contributed by atoms with E-state index in [-0.39, 0.29) is 5.69 Å². The minimum Gasteiger partial charge on any atom is -0.276 e. The highest BCUT2D eigenvalue weighted by atomic mass is 16.6. The van der Waals surface area contributed by atoms with E-state index in [4.69, 9.17) is 0 Å². The van der Waals surface area contributed by atoms with Gasteiger partial charge >= 0.3 is 5.69 Å². The molecule has 0 bridgehead atoms. The molecule has 17 heavy (non-hydrogen) atoms. The molecule has 0 saturated carbocycles. The quantitative estimate of drug-likeness (QED) is 0.586. The highest BCUT2D eigenvalue weighted by Crippen LogP contribution is 2.16. The second kappa shape index (κ2) is 4.36. The number of nitro groups is 1. The van der Waals surface area contributed by atoms with E-state index in [2.05, 4.69) is 10.2 Å². The molecule has 0 aliphatic rings. The predicted molar refractivity (Wildman–Crippen MR) is 60.5 cm³/mol. The Hall–Kier alpha value is -2.18. The molecular formula is C10H13N5O2. The van der Waals surface area contributed by atoms with Crippen LogP contribution in [0.5, 0.6) is 0 Å². The van der Waals surface area contributed by atoms with Crippen LogP contribution >= 0.6 is 0 Å². The average molecular weight is 235 g/mol. The van der Waals surface area contributed by atoms with Gasteiger partial charge in [0.05, 0.1) is 10.6 Å². The molecule has 0 amide bonds. The van der Waals surface area contributed by atoms with Crippen LogP contribution in [0.1, 0.15) is 11.4 Å². The lowest BCUT2D eigenvalue weighted by molar-refractivity contribution is -0.385. The number of rotatable bonds is 4. The molecule has 2 aromatic rings. The van der Waals surface area contributed by atoms with Gasteiger partial charge in [0.1, 0.15) is 11.9 Å². The van der Waals surface area contributed by atoms with Crippen molar-refractivity contribution in [1.82, 2.24) is 19.6 Å². The van der Waals surface area contributed by atoms with Gasteiger partial charge in [0, 0.05) is 26.2 Å². The van der Waals surface area contributed by atoms with Crippen molar-refractivity contribution >= 4 is 5.69 Å². The van der Waals surface area contributed by atoms with Crippen molar-refractivity contribution in [2.75, 3.05) is 0 Å². The van der Waals surface area contributed by atoms with E-state index in [1.54, 1.807) is 16.3 Å². The maximum absolute atomic E-state index is 10.6. The molecule has 0 saturated heterocycles. The number of aromatic nitrogens is 4. The Morgan fingerprint density at radius 3 is 2.82 bits per heavy atom. The monoisotopic (exact) mass is 235 g/mol. The highest BCUT2D eigenvalue weighted by molar-refractivity contribution is 5.31. The molecule has 0 radical (unpaired) electrons. The normalized spacial score (nSPS) is 10.7. The molecular weight excluding hydrogens is 222 g/mol. The molecule has 90 valence electrons. The first-order chi connectivity index (χ1) is 8.08. The van der Waals surface area contributed by atoms with Crippen LogP contribution in [-0.2, 0) is 20.0 Å². The van der Waals surface area contributed by atoms with Crippen LogP contribution in [0.2, 0.25) is 0 Å². The van der Waals surface area contributed by atoms with E-state index in [0.717, 1.165) is 5.69 Å². The summed E-state index contributed by atoms with van der Waals surface area (Å²) in [6, 6.07) is 1.92. The van der Waals surface area contributed by atoms with E-state index >= 15 is 0 Å². The van der Waals surface area contributed by atoms with Crippen molar-refractivity contribution in [1.29, 1.82) is 0 Å². The first-order valence-electron chi connectivity index (χ1n) is 5.23. The molecule has 7 nitrogen and oxygen atoms in total. The van der Waals surface area contributed by atoms with Crippen LogP contribution in [0.15, 0.2) is 18.5 Å². The number of nitrogens with zero attached hydrogens (tertiary/aromatic N) is 5. The van der Waals surface area contributed by atoms with Gasteiger partial charge < -0.3 is 0 Å². The van der Waals surface area contributed by atoms with Crippen LogP contribution in [0.3, 0.4) is 0 Å². The van der Waals surface area contributed by atoms with E-state index < -0.39 is 4.92 Å². The van der Waals surface area contributed by atoms with Gasteiger partial charge in [0.2, 0.25) is 0 Å². The second-order valence-corrected chi connectivity index (χ2v) is 3.83. The summed E-state index contributed by atoms with van der Waals surface area (Å²) in [4.78, 5) is 10.2. The molecule has 0 unspecified atom stereocenters. The molecule has 2 rings (SSSR count). The van der Waals surface area contributed by atoms with Crippen molar-refractivity contribution < 1.29 is 4.92 Å². The third kappa shape index (κ3) is 2.32. The summed E-state index contributed by atoms with van der Waals surface area (Å²) in [5.41, 5.74) is 1.59. The molecule has 0 spiro atoms. The van der Waals surface area contributed by atoms with Crippen LogP contribution in [-0.4, -0.2) is 24.5 Å². The minimum atomic E-state index is -0.417. The Bertz CT molecular complexity index is 543. The van der Waals surface area contributed by atoms with Gasteiger partial charge in [-0.1, -0.05) is 0 Å². The lowest BCUT2D eigenvalue weighted by Gasteiger charge is -2.01. The van der Waals surface area contributed by atoms with Crippen molar-refractivity contribution in [3.63, 3.8) is 0 Å². The second-order valence-electron chi connectivity index (χ2n) is 3.83. The SMILES string of the molecule is Cc1c([N+](=O)[O-])cnn1CCc1ccn(C)n1. The Balaban J connectivity index is 2.07. The summed E-state index contributed by atoms with van der Waals surface area (Å²) in [7, 11) is 1.85. The predicted octanol–water partition coefficient (Wildman–Crippen LogP) is 1.08. The van der Waals surface area contributed by atoms with E-state index in [9.17, 15) is 10.1 Å². The number of aryl methyl sites for hydroxylation is 3. The molecule has 0 aromatic carbocycles.